The highest BCUT2D eigenvalue weighted by Crippen LogP contribution is 2.42. The normalized spacial score (nSPS) is 18.2. The van der Waals surface area contributed by atoms with Crippen LogP contribution in [0.25, 0.3) is 0 Å². The molecule has 2 rings (SSSR count). The summed E-state index contributed by atoms with van der Waals surface area (Å²) in [4.78, 5) is 8.22. The number of halogens is 2. The smallest absolute Gasteiger partial charge is 0.160 e. The minimum absolute atomic E-state index is 0.0637. The standard InChI is InChI=1S/C9H10Cl2N2O/c1-14-8(5-2-3-5)9-12-6(10)4-7(11)13-9/h4-5,8H,2-3H2,1H3. The highest BCUT2D eigenvalue weighted by atomic mass is 35.5. The molecular formula is C9H10Cl2N2O. The molecule has 1 aliphatic rings. The van der Waals surface area contributed by atoms with Gasteiger partial charge in [0.05, 0.1) is 0 Å². The Balaban J connectivity index is 2.28. The van der Waals surface area contributed by atoms with Gasteiger partial charge < -0.3 is 4.74 Å². The van der Waals surface area contributed by atoms with Gasteiger partial charge in [0.25, 0.3) is 0 Å². The quantitative estimate of drug-likeness (QED) is 0.753. The van der Waals surface area contributed by atoms with Crippen molar-refractivity contribution in [1.29, 1.82) is 0 Å². The summed E-state index contributed by atoms with van der Waals surface area (Å²) in [6, 6.07) is 1.52. The van der Waals surface area contributed by atoms with E-state index < -0.39 is 0 Å². The van der Waals surface area contributed by atoms with Crippen LogP contribution in [0, 0.1) is 5.92 Å². The topological polar surface area (TPSA) is 35.0 Å². The molecule has 0 bridgehead atoms. The summed E-state index contributed by atoms with van der Waals surface area (Å²) in [5, 5.41) is 0.727. The van der Waals surface area contributed by atoms with Crippen molar-refractivity contribution in [2.45, 2.75) is 18.9 Å². The third-order valence-corrected chi connectivity index (χ3v) is 2.63. The first-order valence-corrected chi connectivity index (χ1v) is 5.19. The fraction of sp³-hybridized carbons (Fsp3) is 0.556. The van der Waals surface area contributed by atoms with E-state index in [1.807, 2.05) is 0 Å². The van der Waals surface area contributed by atoms with E-state index in [9.17, 15) is 0 Å². The van der Waals surface area contributed by atoms with Gasteiger partial charge in [-0.3, -0.25) is 0 Å². The predicted octanol–water partition coefficient (Wildman–Crippen LogP) is 2.88. The van der Waals surface area contributed by atoms with Crippen LogP contribution in [0.1, 0.15) is 24.8 Å². The molecule has 0 aliphatic heterocycles. The van der Waals surface area contributed by atoms with Gasteiger partial charge >= 0.3 is 0 Å². The Bertz CT molecular complexity index is 321. The maximum Gasteiger partial charge on any atom is 0.160 e. The van der Waals surface area contributed by atoms with Gasteiger partial charge in [-0.2, -0.15) is 0 Å². The van der Waals surface area contributed by atoms with Crippen molar-refractivity contribution in [1.82, 2.24) is 9.97 Å². The summed E-state index contributed by atoms with van der Waals surface area (Å²) < 4.78 is 5.33. The molecule has 76 valence electrons. The zero-order valence-electron chi connectivity index (χ0n) is 7.70. The van der Waals surface area contributed by atoms with Crippen molar-refractivity contribution in [3.63, 3.8) is 0 Å². The monoisotopic (exact) mass is 232 g/mol. The van der Waals surface area contributed by atoms with Crippen molar-refractivity contribution < 1.29 is 4.74 Å². The molecule has 1 saturated carbocycles. The van der Waals surface area contributed by atoms with Crippen LogP contribution in [-0.2, 0) is 4.74 Å². The van der Waals surface area contributed by atoms with E-state index in [1.165, 1.54) is 6.07 Å². The molecule has 14 heavy (non-hydrogen) atoms. The Hall–Kier alpha value is -0.380. The molecule has 0 spiro atoms. The van der Waals surface area contributed by atoms with Crippen LogP contribution in [-0.4, -0.2) is 17.1 Å². The lowest BCUT2D eigenvalue weighted by Gasteiger charge is -2.12. The van der Waals surface area contributed by atoms with Crippen molar-refractivity contribution in [2.75, 3.05) is 7.11 Å². The molecule has 1 heterocycles. The number of hydrogen-bond donors (Lipinski definition) is 0. The van der Waals surface area contributed by atoms with Crippen LogP contribution in [0.3, 0.4) is 0 Å². The molecule has 1 unspecified atom stereocenters. The Morgan fingerprint density at radius 1 is 1.36 bits per heavy atom. The molecule has 0 N–H and O–H groups in total. The SMILES string of the molecule is COC(c1nc(Cl)cc(Cl)n1)C1CC1. The molecule has 1 atom stereocenters. The van der Waals surface area contributed by atoms with E-state index in [0.29, 0.717) is 22.0 Å². The number of ether oxygens (including phenoxy) is 1. The second-order valence-electron chi connectivity index (χ2n) is 3.37. The van der Waals surface area contributed by atoms with E-state index >= 15 is 0 Å². The third kappa shape index (κ3) is 2.16. The van der Waals surface area contributed by atoms with E-state index in [1.54, 1.807) is 7.11 Å². The van der Waals surface area contributed by atoms with Crippen molar-refractivity contribution in [2.24, 2.45) is 5.92 Å². The second-order valence-corrected chi connectivity index (χ2v) is 4.14. The van der Waals surface area contributed by atoms with Crippen LogP contribution < -0.4 is 0 Å². The molecule has 0 aromatic carbocycles. The van der Waals surface area contributed by atoms with Gasteiger partial charge in [-0.05, 0) is 18.8 Å². The maximum atomic E-state index is 5.79. The summed E-state index contributed by atoms with van der Waals surface area (Å²) in [6.07, 6.45) is 2.25. The summed E-state index contributed by atoms with van der Waals surface area (Å²) in [7, 11) is 1.65. The van der Waals surface area contributed by atoms with Crippen LogP contribution in [0.4, 0.5) is 0 Å². The van der Waals surface area contributed by atoms with Gasteiger partial charge in [-0.25, -0.2) is 9.97 Å². The van der Waals surface area contributed by atoms with Crippen LogP contribution in [0.2, 0.25) is 10.3 Å². The molecule has 0 saturated heterocycles. The largest absolute Gasteiger partial charge is 0.373 e. The molecule has 0 radical (unpaired) electrons. The summed E-state index contributed by atoms with van der Waals surface area (Å²) in [6.45, 7) is 0. The predicted molar refractivity (Wildman–Crippen MR) is 54.5 cm³/mol. The first-order chi connectivity index (χ1) is 6.70. The summed E-state index contributed by atoms with van der Waals surface area (Å²) >= 11 is 11.6. The average molecular weight is 233 g/mol. The molecule has 1 aliphatic carbocycles. The van der Waals surface area contributed by atoms with Gasteiger partial charge in [0.1, 0.15) is 16.4 Å². The molecule has 0 amide bonds. The van der Waals surface area contributed by atoms with Crippen LogP contribution in [0.15, 0.2) is 6.07 Å². The number of nitrogens with zero attached hydrogens (tertiary/aromatic N) is 2. The highest BCUT2D eigenvalue weighted by molar-refractivity contribution is 6.33. The van der Waals surface area contributed by atoms with Crippen molar-refractivity contribution in [3.05, 3.63) is 22.2 Å². The Kier molecular flexibility index (Phi) is 2.91. The lowest BCUT2D eigenvalue weighted by molar-refractivity contribution is 0.0772. The molecule has 5 heteroatoms. The molecule has 1 aromatic heterocycles. The Morgan fingerprint density at radius 3 is 2.36 bits per heavy atom. The van der Waals surface area contributed by atoms with Gasteiger partial charge in [-0.1, -0.05) is 23.2 Å². The molecular weight excluding hydrogens is 223 g/mol. The summed E-state index contributed by atoms with van der Waals surface area (Å²) in [5.41, 5.74) is 0. The van der Waals surface area contributed by atoms with Crippen molar-refractivity contribution >= 4 is 23.2 Å². The Morgan fingerprint density at radius 2 is 1.93 bits per heavy atom. The Labute approximate surface area is 92.4 Å². The first-order valence-electron chi connectivity index (χ1n) is 4.43. The average Bonchev–Trinajstić information content (AvgIpc) is 2.87. The minimum Gasteiger partial charge on any atom is -0.373 e. The number of rotatable bonds is 3. The lowest BCUT2D eigenvalue weighted by Crippen LogP contribution is -2.08. The fourth-order valence-corrected chi connectivity index (χ4v) is 1.88. The zero-order valence-corrected chi connectivity index (χ0v) is 9.22. The first kappa shape index (κ1) is 10.1. The summed E-state index contributed by atoms with van der Waals surface area (Å²) in [5.74, 6) is 1.11. The molecule has 3 nitrogen and oxygen atoms in total. The van der Waals surface area contributed by atoms with Crippen LogP contribution >= 0.6 is 23.2 Å². The van der Waals surface area contributed by atoms with E-state index in [4.69, 9.17) is 27.9 Å². The number of aromatic nitrogens is 2. The van der Waals surface area contributed by atoms with E-state index in [0.717, 1.165) is 12.8 Å². The second kappa shape index (κ2) is 4.01. The van der Waals surface area contributed by atoms with Crippen LogP contribution in [0.5, 0.6) is 0 Å². The van der Waals surface area contributed by atoms with Gasteiger partial charge in [-0.15, -0.1) is 0 Å². The van der Waals surface area contributed by atoms with Gasteiger partial charge in [0, 0.05) is 13.2 Å². The molecule has 1 aromatic rings. The van der Waals surface area contributed by atoms with E-state index in [2.05, 4.69) is 9.97 Å². The van der Waals surface area contributed by atoms with Gasteiger partial charge in [0.2, 0.25) is 0 Å². The minimum atomic E-state index is -0.0637. The number of hydrogen-bond acceptors (Lipinski definition) is 3. The lowest BCUT2D eigenvalue weighted by atomic mass is 10.2. The zero-order chi connectivity index (χ0) is 10.1. The fourth-order valence-electron chi connectivity index (χ4n) is 1.44. The van der Waals surface area contributed by atoms with Gasteiger partial charge in [0.15, 0.2) is 5.82 Å². The molecule has 1 fully saturated rings. The maximum absolute atomic E-state index is 5.79. The highest BCUT2D eigenvalue weighted by Gasteiger charge is 2.34. The van der Waals surface area contributed by atoms with E-state index in [-0.39, 0.29) is 6.10 Å². The third-order valence-electron chi connectivity index (χ3n) is 2.24. The number of methoxy groups -OCH3 is 1. The van der Waals surface area contributed by atoms with Crippen molar-refractivity contribution in [3.8, 4) is 0 Å².